The van der Waals surface area contributed by atoms with E-state index in [0.29, 0.717) is 16.5 Å². The number of carbonyl (C=O) groups excluding carboxylic acids is 2. The van der Waals surface area contributed by atoms with E-state index >= 15 is 0 Å². The zero-order chi connectivity index (χ0) is 27.7. The summed E-state index contributed by atoms with van der Waals surface area (Å²) in [4.78, 5) is 28.2. The molecule has 0 aromatic heterocycles. The largest absolute Gasteiger partial charge is 0.497 e. The maximum absolute atomic E-state index is 13.5. The van der Waals surface area contributed by atoms with Gasteiger partial charge in [-0.25, -0.2) is 8.42 Å². The van der Waals surface area contributed by atoms with E-state index in [4.69, 9.17) is 16.3 Å². The number of amides is 2. The second kappa shape index (κ2) is 13.8. The molecule has 2 aromatic carbocycles. The summed E-state index contributed by atoms with van der Waals surface area (Å²) in [5, 5.41) is 3.55. The van der Waals surface area contributed by atoms with Crippen LogP contribution in [0.5, 0.6) is 5.75 Å². The fourth-order valence-electron chi connectivity index (χ4n) is 4.75. The summed E-state index contributed by atoms with van der Waals surface area (Å²) < 4.78 is 31.5. The summed E-state index contributed by atoms with van der Waals surface area (Å²) in [5.74, 6) is 0.267. The van der Waals surface area contributed by atoms with Gasteiger partial charge in [0, 0.05) is 30.6 Å². The average molecular weight is 564 g/mol. The number of carbonyl (C=O) groups is 2. The van der Waals surface area contributed by atoms with Gasteiger partial charge in [0.2, 0.25) is 21.8 Å². The molecule has 10 heteroatoms. The lowest BCUT2D eigenvalue weighted by Crippen LogP contribution is -2.50. The van der Waals surface area contributed by atoms with Crippen LogP contribution in [-0.2, 0) is 26.2 Å². The average Bonchev–Trinajstić information content (AvgIpc) is 2.89. The Morgan fingerprint density at radius 3 is 2.47 bits per heavy atom. The van der Waals surface area contributed by atoms with E-state index in [9.17, 15) is 18.0 Å². The molecular formula is C28H38ClN3O5S. The van der Waals surface area contributed by atoms with Crippen molar-refractivity contribution < 1.29 is 22.7 Å². The summed E-state index contributed by atoms with van der Waals surface area (Å²) >= 11 is 6.07. The molecule has 2 aromatic rings. The van der Waals surface area contributed by atoms with Crippen LogP contribution in [0.15, 0.2) is 48.5 Å². The first-order valence-corrected chi connectivity index (χ1v) is 15.3. The summed E-state index contributed by atoms with van der Waals surface area (Å²) in [6.07, 6.45) is 6.76. The normalized spacial score (nSPS) is 14.9. The molecule has 0 heterocycles. The molecule has 38 heavy (non-hydrogen) atoms. The molecule has 1 unspecified atom stereocenters. The number of nitrogens with zero attached hydrogens (tertiary/aromatic N) is 2. The molecule has 1 N–H and O–H groups in total. The van der Waals surface area contributed by atoms with Crippen molar-refractivity contribution in [3.63, 3.8) is 0 Å². The van der Waals surface area contributed by atoms with Gasteiger partial charge in [-0.1, -0.05) is 49.1 Å². The SMILES string of the molecule is COc1cccc(CN(C(=O)CCCN(c2cccc(Cl)c2)S(C)(=O)=O)C(C)C(=O)NC2CCCCC2)c1. The van der Waals surface area contributed by atoms with Gasteiger partial charge in [-0.2, -0.15) is 0 Å². The Labute approximate surface area is 231 Å². The van der Waals surface area contributed by atoms with Crippen molar-refractivity contribution in [2.75, 3.05) is 24.2 Å². The monoisotopic (exact) mass is 563 g/mol. The van der Waals surface area contributed by atoms with Gasteiger partial charge < -0.3 is 15.0 Å². The molecule has 1 atom stereocenters. The quantitative estimate of drug-likeness (QED) is 0.401. The van der Waals surface area contributed by atoms with Gasteiger partial charge in [-0.15, -0.1) is 0 Å². The van der Waals surface area contributed by atoms with Crippen molar-refractivity contribution in [3.8, 4) is 5.75 Å². The van der Waals surface area contributed by atoms with E-state index < -0.39 is 16.1 Å². The minimum atomic E-state index is -3.58. The second-order valence-electron chi connectivity index (χ2n) is 9.81. The fraction of sp³-hybridized carbons (Fsp3) is 0.500. The number of nitrogens with one attached hydrogen (secondary N) is 1. The van der Waals surface area contributed by atoms with Crippen molar-refractivity contribution in [1.82, 2.24) is 10.2 Å². The minimum Gasteiger partial charge on any atom is -0.497 e. The van der Waals surface area contributed by atoms with Gasteiger partial charge in [0.15, 0.2) is 0 Å². The lowest BCUT2D eigenvalue weighted by Gasteiger charge is -2.31. The van der Waals surface area contributed by atoms with Crippen LogP contribution in [0.25, 0.3) is 0 Å². The van der Waals surface area contributed by atoms with E-state index in [-0.39, 0.29) is 43.8 Å². The van der Waals surface area contributed by atoms with E-state index in [1.165, 1.54) is 10.7 Å². The molecule has 0 saturated heterocycles. The molecule has 0 radical (unpaired) electrons. The molecule has 1 fully saturated rings. The number of methoxy groups -OCH3 is 1. The molecule has 0 aliphatic heterocycles. The van der Waals surface area contributed by atoms with Gasteiger partial charge in [-0.3, -0.25) is 13.9 Å². The predicted octanol–water partition coefficient (Wildman–Crippen LogP) is 4.76. The zero-order valence-corrected chi connectivity index (χ0v) is 23.9. The Morgan fingerprint density at radius 2 is 1.82 bits per heavy atom. The van der Waals surface area contributed by atoms with E-state index in [0.717, 1.165) is 37.5 Å². The Balaban J connectivity index is 1.73. The molecule has 0 bridgehead atoms. The molecule has 1 aliphatic carbocycles. The lowest BCUT2D eigenvalue weighted by molar-refractivity contribution is -0.141. The van der Waals surface area contributed by atoms with Crippen molar-refractivity contribution in [2.45, 2.75) is 70.5 Å². The Hall–Kier alpha value is -2.78. The summed E-state index contributed by atoms with van der Waals surface area (Å²) in [6.45, 7) is 2.09. The second-order valence-corrected chi connectivity index (χ2v) is 12.2. The Morgan fingerprint density at radius 1 is 1.11 bits per heavy atom. The van der Waals surface area contributed by atoms with Crippen LogP contribution in [0, 0.1) is 0 Å². The number of sulfonamides is 1. The maximum atomic E-state index is 13.5. The van der Waals surface area contributed by atoms with Gasteiger partial charge in [0.1, 0.15) is 11.8 Å². The van der Waals surface area contributed by atoms with Crippen molar-refractivity contribution >= 4 is 39.1 Å². The summed E-state index contributed by atoms with van der Waals surface area (Å²) in [7, 11) is -2.00. The number of halogens is 1. The highest BCUT2D eigenvalue weighted by atomic mass is 35.5. The predicted molar refractivity (Wildman–Crippen MR) is 151 cm³/mol. The van der Waals surface area contributed by atoms with Gasteiger partial charge in [0.25, 0.3) is 0 Å². The molecule has 2 amide bonds. The molecule has 1 aliphatic rings. The first kappa shape index (κ1) is 29.8. The van der Waals surface area contributed by atoms with E-state index in [2.05, 4.69) is 5.32 Å². The third-order valence-corrected chi connectivity index (χ3v) is 8.28. The van der Waals surface area contributed by atoms with Crippen LogP contribution in [0.3, 0.4) is 0 Å². The third-order valence-electron chi connectivity index (χ3n) is 6.85. The fourth-order valence-corrected chi connectivity index (χ4v) is 5.90. The topological polar surface area (TPSA) is 96.0 Å². The molecule has 0 spiro atoms. The molecule has 1 saturated carbocycles. The highest BCUT2D eigenvalue weighted by Crippen LogP contribution is 2.23. The highest BCUT2D eigenvalue weighted by Gasteiger charge is 2.28. The van der Waals surface area contributed by atoms with E-state index in [1.807, 2.05) is 24.3 Å². The molecule has 8 nitrogen and oxygen atoms in total. The molecular weight excluding hydrogens is 526 g/mol. The number of ether oxygens (including phenoxy) is 1. The van der Waals surface area contributed by atoms with E-state index in [1.54, 1.807) is 43.2 Å². The van der Waals surface area contributed by atoms with Crippen LogP contribution in [0.1, 0.15) is 57.4 Å². The van der Waals surface area contributed by atoms with Crippen LogP contribution in [0.4, 0.5) is 5.69 Å². The first-order chi connectivity index (χ1) is 18.1. The van der Waals surface area contributed by atoms with Crippen LogP contribution < -0.4 is 14.4 Å². The van der Waals surface area contributed by atoms with Crippen molar-refractivity contribution in [2.24, 2.45) is 0 Å². The molecule has 208 valence electrons. The van der Waals surface area contributed by atoms with Gasteiger partial charge in [0.05, 0.1) is 19.1 Å². The van der Waals surface area contributed by atoms with Crippen molar-refractivity contribution in [3.05, 3.63) is 59.1 Å². The first-order valence-electron chi connectivity index (χ1n) is 13.0. The highest BCUT2D eigenvalue weighted by molar-refractivity contribution is 7.92. The Kier molecular flexibility index (Phi) is 10.8. The zero-order valence-electron chi connectivity index (χ0n) is 22.4. The number of benzene rings is 2. The smallest absolute Gasteiger partial charge is 0.242 e. The van der Waals surface area contributed by atoms with Crippen molar-refractivity contribution in [1.29, 1.82) is 0 Å². The van der Waals surface area contributed by atoms with Gasteiger partial charge in [-0.05, 0) is 62.1 Å². The standard InChI is InChI=1S/C28H38ClN3O5S/c1-21(28(34)30-24-12-5-4-6-13-24)31(20-22-10-7-15-26(18-22)37-2)27(33)16-9-17-32(38(3,35)36)25-14-8-11-23(29)19-25/h7-8,10-11,14-15,18-19,21,24H,4-6,9,12-13,16-17,20H2,1-3H3,(H,30,34). The molecule has 3 rings (SSSR count). The van der Waals surface area contributed by atoms with Gasteiger partial charge >= 0.3 is 0 Å². The maximum Gasteiger partial charge on any atom is 0.242 e. The number of hydrogen-bond acceptors (Lipinski definition) is 5. The lowest BCUT2D eigenvalue weighted by atomic mass is 9.95. The van der Waals surface area contributed by atoms with Crippen LogP contribution >= 0.6 is 11.6 Å². The third kappa shape index (κ3) is 8.63. The van der Waals surface area contributed by atoms with Crippen LogP contribution in [-0.4, -0.2) is 57.1 Å². The number of anilines is 1. The summed E-state index contributed by atoms with van der Waals surface area (Å²) in [6, 6.07) is 13.5. The number of rotatable bonds is 12. The number of hydrogen-bond donors (Lipinski definition) is 1. The minimum absolute atomic E-state index is 0.0810. The summed E-state index contributed by atoms with van der Waals surface area (Å²) in [5.41, 5.74) is 1.28. The van der Waals surface area contributed by atoms with Crippen LogP contribution in [0.2, 0.25) is 5.02 Å². The Bertz CT molecular complexity index is 1200.